The van der Waals surface area contributed by atoms with E-state index in [-0.39, 0.29) is 23.5 Å². The Morgan fingerprint density at radius 1 is 1.04 bits per heavy atom. The molecule has 0 fully saturated rings. The molecule has 0 aliphatic carbocycles. The Bertz CT molecular complexity index is 986. The molecule has 7 heteroatoms. The van der Waals surface area contributed by atoms with E-state index in [1.54, 1.807) is 12.1 Å². The molecule has 0 saturated heterocycles. The number of hydrogen-bond acceptors (Lipinski definition) is 3. The highest BCUT2D eigenvalue weighted by molar-refractivity contribution is 5.90. The van der Waals surface area contributed by atoms with Gasteiger partial charge in [-0.3, -0.25) is 14.2 Å². The van der Waals surface area contributed by atoms with Crippen LogP contribution in [0.1, 0.15) is 0 Å². The molecular formula is C18H13F2N3O2. The molecule has 0 bridgehead atoms. The first-order valence-electron chi connectivity index (χ1n) is 7.40. The van der Waals surface area contributed by atoms with Gasteiger partial charge in [0.2, 0.25) is 5.91 Å². The summed E-state index contributed by atoms with van der Waals surface area (Å²) in [4.78, 5) is 28.1. The standard InChI is InChI=1S/C18H13F2N3O2/c19-13-6-2-1-5-12(13)16-9-18(25)23(11-21-16)10-17(24)22-15-8-4-3-7-14(15)20/h1-9,11H,10H2,(H,22,24). The molecule has 3 aromatic rings. The highest BCUT2D eigenvalue weighted by atomic mass is 19.1. The predicted octanol–water partition coefficient (Wildman–Crippen LogP) is 2.83. The van der Waals surface area contributed by atoms with Crippen LogP contribution in [-0.4, -0.2) is 15.5 Å². The summed E-state index contributed by atoms with van der Waals surface area (Å²) in [6, 6.07) is 12.8. The van der Waals surface area contributed by atoms with Crippen LogP contribution in [0.5, 0.6) is 0 Å². The lowest BCUT2D eigenvalue weighted by Gasteiger charge is -2.09. The first-order chi connectivity index (χ1) is 12.0. The largest absolute Gasteiger partial charge is 0.322 e. The van der Waals surface area contributed by atoms with Crippen LogP contribution in [-0.2, 0) is 11.3 Å². The second kappa shape index (κ2) is 7.04. The van der Waals surface area contributed by atoms with Gasteiger partial charge in [0.1, 0.15) is 18.2 Å². The van der Waals surface area contributed by atoms with E-state index in [4.69, 9.17) is 0 Å². The molecule has 0 radical (unpaired) electrons. The molecule has 0 spiro atoms. The maximum Gasteiger partial charge on any atom is 0.254 e. The zero-order valence-electron chi connectivity index (χ0n) is 12.9. The van der Waals surface area contributed by atoms with Crippen molar-refractivity contribution in [2.75, 3.05) is 5.32 Å². The molecule has 0 atom stereocenters. The minimum Gasteiger partial charge on any atom is -0.322 e. The van der Waals surface area contributed by atoms with E-state index < -0.39 is 23.1 Å². The molecule has 0 saturated carbocycles. The second-order valence-corrected chi connectivity index (χ2v) is 5.25. The average molecular weight is 341 g/mol. The number of anilines is 1. The van der Waals surface area contributed by atoms with E-state index in [9.17, 15) is 18.4 Å². The van der Waals surface area contributed by atoms with Crippen LogP contribution in [0.15, 0.2) is 65.7 Å². The first-order valence-corrected chi connectivity index (χ1v) is 7.40. The van der Waals surface area contributed by atoms with E-state index >= 15 is 0 Å². The minimum atomic E-state index is -0.576. The highest BCUT2D eigenvalue weighted by Gasteiger charge is 2.11. The molecule has 1 N–H and O–H groups in total. The van der Waals surface area contributed by atoms with Crippen molar-refractivity contribution in [3.63, 3.8) is 0 Å². The van der Waals surface area contributed by atoms with Crippen molar-refractivity contribution in [3.05, 3.63) is 82.9 Å². The zero-order chi connectivity index (χ0) is 17.8. The van der Waals surface area contributed by atoms with Gasteiger partial charge in [0.05, 0.1) is 17.7 Å². The molecule has 1 heterocycles. The van der Waals surface area contributed by atoms with Gasteiger partial charge in [-0.1, -0.05) is 24.3 Å². The molecule has 0 aliphatic rings. The lowest BCUT2D eigenvalue weighted by Crippen LogP contribution is -2.27. The van der Waals surface area contributed by atoms with Gasteiger partial charge >= 0.3 is 0 Å². The van der Waals surface area contributed by atoms with Gasteiger partial charge in [0.15, 0.2) is 0 Å². The van der Waals surface area contributed by atoms with Crippen LogP contribution in [0.4, 0.5) is 14.5 Å². The summed E-state index contributed by atoms with van der Waals surface area (Å²) in [6.07, 6.45) is 1.16. The summed E-state index contributed by atoms with van der Waals surface area (Å²) >= 11 is 0. The van der Waals surface area contributed by atoms with Crippen LogP contribution >= 0.6 is 0 Å². The number of benzene rings is 2. The van der Waals surface area contributed by atoms with Crippen LogP contribution in [0, 0.1) is 11.6 Å². The van der Waals surface area contributed by atoms with Gasteiger partial charge in [0.25, 0.3) is 5.56 Å². The summed E-state index contributed by atoms with van der Waals surface area (Å²) < 4.78 is 28.3. The number of nitrogens with zero attached hydrogens (tertiary/aromatic N) is 2. The predicted molar refractivity (Wildman–Crippen MR) is 88.9 cm³/mol. The molecule has 3 rings (SSSR count). The van der Waals surface area contributed by atoms with Crippen molar-refractivity contribution in [2.24, 2.45) is 0 Å². The highest BCUT2D eigenvalue weighted by Crippen LogP contribution is 2.18. The third-order valence-electron chi connectivity index (χ3n) is 3.49. The fraction of sp³-hybridized carbons (Fsp3) is 0.0556. The Morgan fingerprint density at radius 3 is 2.40 bits per heavy atom. The quantitative estimate of drug-likeness (QED) is 0.794. The van der Waals surface area contributed by atoms with Crippen LogP contribution in [0.25, 0.3) is 11.3 Å². The summed E-state index contributed by atoms with van der Waals surface area (Å²) in [5.74, 6) is -1.65. The van der Waals surface area contributed by atoms with E-state index in [0.717, 1.165) is 17.0 Å². The fourth-order valence-corrected chi connectivity index (χ4v) is 2.27. The van der Waals surface area contributed by atoms with Gasteiger partial charge in [-0.15, -0.1) is 0 Å². The van der Waals surface area contributed by atoms with Crippen molar-refractivity contribution in [3.8, 4) is 11.3 Å². The van der Waals surface area contributed by atoms with Gasteiger partial charge in [0, 0.05) is 11.6 Å². The van der Waals surface area contributed by atoms with Crippen molar-refractivity contribution in [1.82, 2.24) is 9.55 Å². The number of rotatable bonds is 4. The van der Waals surface area contributed by atoms with Crippen molar-refractivity contribution < 1.29 is 13.6 Å². The number of nitrogens with one attached hydrogen (secondary N) is 1. The smallest absolute Gasteiger partial charge is 0.254 e. The lowest BCUT2D eigenvalue weighted by molar-refractivity contribution is -0.116. The molecule has 5 nitrogen and oxygen atoms in total. The molecule has 2 aromatic carbocycles. The summed E-state index contributed by atoms with van der Waals surface area (Å²) in [6.45, 7) is -0.336. The normalized spacial score (nSPS) is 10.5. The Kier molecular flexibility index (Phi) is 4.65. The number of carbonyl (C=O) groups excluding carboxylic acids is 1. The zero-order valence-corrected chi connectivity index (χ0v) is 12.9. The van der Waals surface area contributed by atoms with E-state index in [0.29, 0.717) is 0 Å². The minimum absolute atomic E-state index is 0.0245. The molecule has 25 heavy (non-hydrogen) atoms. The van der Waals surface area contributed by atoms with Crippen molar-refractivity contribution in [1.29, 1.82) is 0 Å². The Morgan fingerprint density at radius 2 is 1.72 bits per heavy atom. The molecule has 126 valence electrons. The summed E-state index contributed by atoms with van der Waals surface area (Å²) in [7, 11) is 0. The number of hydrogen-bond donors (Lipinski definition) is 1. The SMILES string of the molecule is O=C(Cn1cnc(-c2ccccc2F)cc1=O)Nc1ccccc1F. The number of amides is 1. The monoisotopic (exact) mass is 341 g/mol. The van der Waals surface area contributed by atoms with Crippen LogP contribution in [0.2, 0.25) is 0 Å². The Balaban J connectivity index is 1.78. The van der Waals surface area contributed by atoms with E-state index in [1.165, 1.54) is 36.4 Å². The Hall–Kier alpha value is -3.35. The number of aromatic nitrogens is 2. The van der Waals surface area contributed by atoms with Gasteiger partial charge in [-0.05, 0) is 24.3 Å². The van der Waals surface area contributed by atoms with Gasteiger partial charge in [-0.25, -0.2) is 13.8 Å². The lowest BCUT2D eigenvalue weighted by atomic mass is 10.1. The Labute approximate surface area is 141 Å². The molecule has 1 amide bonds. The number of halogens is 2. The number of para-hydroxylation sites is 1. The molecule has 1 aromatic heterocycles. The van der Waals surface area contributed by atoms with Crippen molar-refractivity contribution >= 4 is 11.6 Å². The molecular weight excluding hydrogens is 328 g/mol. The summed E-state index contributed by atoms with van der Waals surface area (Å²) in [5.41, 5.74) is -0.121. The van der Waals surface area contributed by atoms with E-state index in [1.807, 2.05) is 0 Å². The number of carbonyl (C=O) groups is 1. The molecule has 0 unspecified atom stereocenters. The third kappa shape index (κ3) is 3.77. The van der Waals surface area contributed by atoms with E-state index in [2.05, 4.69) is 10.3 Å². The topological polar surface area (TPSA) is 64.0 Å². The van der Waals surface area contributed by atoms with Crippen LogP contribution < -0.4 is 10.9 Å². The maximum atomic E-state index is 13.7. The third-order valence-corrected chi connectivity index (χ3v) is 3.49. The average Bonchev–Trinajstić information content (AvgIpc) is 2.59. The van der Waals surface area contributed by atoms with Crippen molar-refractivity contribution in [2.45, 2.75) is 6.54 Å². The fourth-order valence-electron chi connectivity index (χ4n) is 2.27. The molecule has 0 aliphatic heterocycles. The van der Waals surface area contributed by atoms with Gasteiger partial charge in [-0.2, -0.15) is 0 Å². The van der Waals surface area contributed by atoms with Crippen LogP contribution in [0.3, 0.4) is 0 Å². The maximum absolute atomic E-state index is 13.7. The first kappa shape index (κ1) is 16.5. The second-order valence-electron chi connectivity index (χ2n) is 5.25. The van der Waals surface area contributed by atoms with Gasteiger partial charge < -0.3 is 5.32 Å². The summed E-state index contributed by atoms with van der Waals surface area (Å²) in [5, 5.41) is 2.38.